The molecule has 4 nitrogen and oxygen atoms in total. The third-order valence-electron chi connectivity index (χ3n) is 2.04. The van der Waals surface area contributed by atoms with E-state index in [1.165, 1.54) is 12.1 Å². The van der Waals surface area contributed by atoms with Gasteiger partial charge >= 0.3 is 0 Å². The molecule has 0 spiro atoms. The molecule has 0 fully saturated rings. The van der Waals surface area contributed by atoms with E-state index in [0.717, 1.165) is 5.56 Å². The lowest BCUT2D eigenvalue weighted by atomic mass is 10.1. The molecular formula is C10H9ClINO3. The van der Waals surface area contributed by atoms with Crippen molar-refractivity contribution in [1.82, 2.24) is 0 Å². The van der Waals surface area contributed by atoms with Crippen molar-refractivity contribution in [3.63, 3.8) is 0 Å². The molecule has 6 heteroatoms. The minimum absolute atomic E-state index is 0.000583. The first-order valence-corrected chi connectivity index (χ1v) is 6.28. The van der Waals surface area contributed by atoms with Crippen LogP contribution in [0.15, 0.2) is 24.3 Å². The van der Waals surface area contributed by atoms with Crippen LogP contribution in [-0.2, 0) is 11.2 Å². The highest BCUT2D eigenvalue weighted by Crippen LogP contribution is 2.16. The summed E-state index contributed by atoms with van der Waals surface area (Å²) >= 11 is 7.46. The van der Waals surface area contributed by atoms with Gasteiger partial charge in [0.1, 0.15) is 0 Å². The number of nitrogens with zero attached hydrogens (tertiary/aromatic N) is 1. The average molecular weight is 354 g/mol. The number of benzene rings is 1. The monoisotopic (exact) mass is 353 g/mol. The predicted octanol–water partition coefficient (Wildman–Crippen LogP) is 2.75. The summed E-state index contributed by atoms with van der Waals surface area (Å²) in [5.74, 6) is -0.0266. The summed E-state index contributed by atoms with van der Waals surface area (Å²) in [5, 5.41) is 10.4. The Bertz CT molecular complexity index is 394. The maximum absolute atomic E-state index is 11.2. The lowest BCUT2D eigenvalue weighted by Crippen LogP contribution is -2.17. The highest BCUT2D eigenvalue weighted by Gasteiger charge is 2.14. The quantitative estimate of drug-likeness (QED) is 0.354. The van der Waals surface area contributed by atoms with E-state index in [0.29, 0.717) is 6.42 Å². The normalized spacial score (nSPS) is 12.1. The highest BCUT2D eigenvalue weighted by molar-refractivity contribution is 14.1. The SMILES string of the molecule is O=C(CCl)[C@@H](I)Cc1ccc([N+](=O)[O-])cc1. The van der Waals surface area contributed by atoms with E-state index in [1.807, 2.05) is 22.6 Å². The molecule has 16 heavy (non-hydrogen) atoms. The van der Waals surface area contributed by atoms with Crippen molar-refractivity contribution >= 4 is 45.7 Å². The largest absolute Gasteiger partial charge is 0.297 e. The molecule has 0 aromatic heterocycles. The fraction of sp³-hybridized carbons (Fsp3) is 0.300. The number of ketones is 1. The molecule has 0 heterocycles. The standard InChI is InChI=1S/C10H9ClINO3/c11-6-10(14)9(12)5-7-1-3-8(4-2-7)13(15)16/h1-4,9H,5-6H2/t9-/m0/s1. The van der Waals surface area contributed by atoms with Crippen molar-refractivity contribution in [2.24, 2.45) is 0 Å². The van der Waals surface area contributed by atoms with Gasteiger partial charge in [-0.25, -0.2) is 0 Å². The lowest BCUT2D eigenvalue weighted by Gasteiger charge is -2.06. The number of carbonyl (C=O) groups excluding carboxylic acids is 1. The van der Waals surface area contributed by atoms with Crippen LogP contribution in [0.2, 0.25) is 0 Å². The van der Waals surface area contributed by atoms with Crippen LogP contribution in [0.4, 0.5) is 5.69 Å². The minimum Gasteiger partial charge on any atom is -0.297 e. The molecule has 0 aliphatic carbocycles. The lowest BCUT2D eigenvalue weighted by molar-refractivity contribution is -0.384. The van der Waals surface area contributed by atoms with Gasteiger partial charge in [-0.05, 0) is 12.0 Å². The van der Waals surface area contributed by atoms with E-state index in [2.05, 4.69) is 0 Å². The van der Waals surface area contributed by atoms with Crippen LogP contribution in [0, 0.1) is 10.1 Å². The van der Waals surface area contributed by atoms with Crippen LogP contribution in [0.5, 0.6) is 0 Å². The number of nitro groups is 1. The Morgan fingerprint density at radius 3 is 2.44 bits per heavy atom. The Morgan fingerprint density at radius 1 is 1.44 bits per heavy atom. The third-order valence-corrected chi connectivity index (χ3v) is 3.44. The molecule has 0 saturated heterocycles. The van der Waals surface area contributed by atoms with Gasteiger partial charge in [0.2, 0.25) is 0 Å². The van der Waals surface area contributed by atoms with Crippen molar-refractivity contribution in [1.29, 1.82) is 0 Å². The second-order valence-electron chi connectivity index (χ2n) is 3.20. The van der Waals surface area contributed by atoms with E-state index in [-0.39, 0.29) is 21.3 Å². The Morgan fingerprint density at radius 2 is 2.00 bits per heavy atom. The van der Waals surface area contributed by atoms with Gasteiger partial charge in [0.05, 0.1) is 14.7 Å². The van der Waals surface area contributed by atoms with E-state index < -0.39 is 4.92 Å². The van der Waals surface area contributed by atoms with E-state index >= 15 is 0 Å². The van der Waals surface area contributed by atoms with Gasteiger partial charge in [-0.15, -0.1) is 11.6 Å². The van der Waals surface area contributed by atoms with Gasteiger partial charge in [-0.2, -0.15) is 0 Å². The molecule has 0 aliphatic rings. The first-order chi connectivity index (χ1) is 7.54. The first-order valence-electron chi connectivity index (χ1n) is 4.50. The third kappa shape index (κ3) is 3.71. The maximum atomic E-state index is 11.2. The highest BCUT2D eigenvalue weighted by atomic mass is 127. The molecule has 0 unspecified atom stereocenters. The molecule has 1 aromatic carbocycles. The number of carbonyl (C=O) groups is 1. The topological polar surface area (TPSA) is 60.2 Å². The first kappa shape index (κ1) is 13.4. The average Bonchev–Trinajstić information content (AvgIpc) is 2.28. The molecule has 0 aliphatic heterocycles. The number of Topliss-reactive ketones (excluding diaryl/α,β-unsaturated/α-hetero) is 1. The summed E-state index contributed by atoms with van der Waals surface area (Å²) in [6.45, 7) is 0. The van der Waals surface area contributed by atoms with Gasteiger partial charge in [0.15, 0.2) is 5.78 Å². The van der Waals surface area contributed by atoms with Gasteiger partial charge in [0, 0.05) is 12.1 Å². The van der Waals surface area contributed by atoms with E-state index in [4.69, 9.17) is 11.6 Å². The van der Waals surface area contributed by atoms with Crippen LogP contribution < -0.4 is 0 Å². The fourth-order valence-corrected chi connectivity index (χ4v) is 2.33. The number of nitro benzene ring substituents is 1. The van der Waals surface area contributed by atoms with Gasteiger partial charge in [-0.1, -0.05) is 34.7 Å². The number of hydrogen-bond acceptors (Lipinski definition) is 3. The maximum Gasteiger partial charge on any atom is 0.269 e. The number of rotatable bonds is 5. The second kappa shape index (κ2) is 6.15. The Balaban J connectivity index is 2.68. The molecule has 0 bridgehead atoms. The van der Waals surface area contributed by atoms with Crippen LogP contribution in [0.1, 0.15) is 5.56 Å². The van der Waals surface area contributed by atoms with Gasteiger partial charge < -0.3 is 0 Å². The molecule has 1 aromatic rings. The van der Waals surface area contributed by atoms with Crippen molar-refractivity contribution in [2.45, 2.75) is 10.3 Å². The Hall–Kier alpha value is -0.690. The Kier molecular flexibility index (Phi) is 5.14. The van der Waals surface area contributed by atoms with Crippen molar-refractivity contribution in [3.8, 4) is 0 Å². The number of non-ortho nitro benzene ring substituents is 1. The predicted molar refractivity (Wildman–Crippen MR) is 70.3 cm³/mol. The molecule has 0 saturated carbocycles. The molecule has 0 amide bonds. The molecular weight excluding hydrogens is 344 g/mol. The molecule has 1 atom stereocenters. The molecule has 1 rings (SSSR count). The zero-order chi connectivity index (χ0) is 12.1. The summed E-state index contributed by atoms with van der Waals surface area (Å²) < 4.78 is -0.184. The zero-order valence-electron chi connectivity index (χ0n) is 8.23. The minimum atomic E-state index is -0.449. The summed E-state index contributed by atoms with van der Waals surface area (Å²) in [6.07, 6.45) is 0.546. The number of halogens is 2. The molecule has 86 valence electrons. The summed E-state index contributed by atoms with van der Waals surface area (Å²) in [5.41, 5.74) is 0.945. The molecule has 0 radical (unpaired) electrons. The number of hydrogen-bond donors (Lipinski definition) is 0. The summed E-state index contributed by atoms with van der Waals surface area (Å²) in [7, 11) is 0. The summed E-state index contributed by atoms with van der Waals surface area (Å²) in [6, 6.07) is 6.18. The molecule has 0 N–H and O–H groups in total. The number of alkyl halides is 2. The van der Waals surface area contributed by atoms with Crippen LogP contribution >= 0.6 is 34.2 Å². The van der Waals surface area contributed by atoms with E-state index in [9.17, 15) is 14.9 Å². The van der Waals surface area contributed by atoms with Crippen LogP contribution in [0.3, 0.4) is 0 Å². The smallest absolute Gasteiger partial charge is 0.269 e. The van der Waals surface area contributed by atoms with Crippen molar-refractivity contribution in [2.75, 3.05) is 5.88 Å². The van der Waals surface area contributed by atoms with Gasteiger partial charge in [-0.3, -0.25) is 14.9 Å². The fourth-order valence-electron chi connectivity index (χ4n) is 1.16. The summed E-state index contributed by atoms with van der Waals surface area (Å²) in [4.78, 5) is 21.2. The van der Waals surface area contributed by atoms with Crippen molar-refractivity contribution < 1.29 is 9.72 Å². The van der Waals surface area contributed by atoms with E-state index in [1.54, 1.807) is 12.1 Å². The van der Waals surface area contributed by atoms with Crippen LogP contribution in [-0.4, -0.2) is 20.5 Å². The second-order valence-corrected chi connectivity index (χ2v) is 4.97. The zero-order valence-corrected chi connectivity index (χ0v) is 11.1. The van der Waals surface area contributed by atoms with Crippen LogP contribution in [0.25, 0.3) is 0 Å². The Labute approximate surface area is 111 Å². The van der Waals surface area contributed by atoms with Crippen molar-refractivity contribution in [3.05, 3.63) is 39.9 Å². The van der Waals surface area contributed by atoms with Gasteiger partial charge in [0.25, 0.3) is 5.69 Å².